The zero-order valence-corrected chi connectivity index (χ0v) is 17.2. The van der Waals surface area contributed by atoms with Gasteiger partial charge in [-0.15, -0.1) is 22.7 Å². The first-order valence-electron chi connectivity index (χ1n) is 8.19. The molecule has 2 aromatic heterocycles. The summed E-state index contributed by atoms with van der Waals surface area (Å²) in [6.45, 7) is 4.50. The van der Waals surface area contributed by atoms with Gasteiger partial charge in [0.2, 0.25) is 10.0 Å². The van der Waals surface area contributed by atoms with E-state index in [1.165, 1.54) is 23.0 Å². The molecule has 0 aliphatic rings. The largest absolute Gasteiger partial charge is 0.346 e. The Balaban J connectivity index is 1.65. The van der Waals surface area contributed by atoms with Crippen LogP contribution in [0.15, 0.2) is 46.0 Å². The molecule has 0 atom stereocenters. The number of carbonyl (C=O) groups excluding carboxylic acids is 1. The first-order chi connectivity index (χ1) is 12.7. The first kappa shape index (κ1) is 19.7. The van der Waals surface area contributed by atoms with Crippen molar-refractivity contribution in [2.24, 2.45) is 5.14 Å². The van der Waals surface area contributed by atoms with Crippen LogP contribution in [0.5, 0.6) is 0 Å². The molecular formula is C18H19N3O3S3. The minimum absolute atomic E-state index is 0.0764. The van der Waals surface area contributed by atoms with E-state index in [1.807, 2.05) is 12.1 Å². The van der Waals surface area contributed by atoms with Gasteiger partial charge in [-0.1, -0.05) is 38.1 Å². The van der Waals surface area contributed by atoms with Crippen molar-refractivity contribution in [2.75, 3.05) is 0 Å². The van der Waals surface area contributed by atoms with Crippen LogP contribution in [0.3, 0.4) is 0 Å². The zero-order valence-electron chi connectivity index (χ0n) is 14.8. The van der Waals surface area contributed by atoms with Gasteiger partial charge in [0.05, 0.1) is 6.54 Å². The predicted molar refractivity (Wildman–Crippen MR) is 109 cm³/mol. The Labute approximate surface area is 166 Å². The van der Waals surface area contributed by atoms with E-state index in [2.05, 4.69) is 36.3 Å². The van der Waals surface area contributed by atoms with Crippen molar-refractivity contribution in [3.8, 4) is 10.6 Å². The number of hydrogen-bond acceptors (Lipinski definition) is 6. The second kappa shape index (κ2) is 7.89. The Morgan fingerprint density at radius 1 is 1.19 bits per heavy atom. The molecule has 3 aromatic rings. The molecule has 1 aromatic carbocycles. The molecule has 3 rings (SSSR count). The molecule has 0 saturated carbocycles. The standard InChI is InChI=1S/C18H19N3O3S3/c1-11(2)12-3-5-13(6-4-12)18-21-15(10-25-18)17(22)20-9-14-7-8-16(26-14)27(19,23)24/h3-8,10-11H,9H2,1-2H3,(H,20,22)(H2,19,23,24). The van der Waals surface area contributed by atoms with Gasteiger partial charge in [0.15, 0.2) is 0 Å². The summed E-state index contributed by atoms with van der Waals surface area (Å²) < 4.78 is 22.7. The predicted octanol–water partition coefficient (Wildman–Crippen LogP) is 3.57. The highest BCUT2D eigenvalue weighted by Crippen LogP contribution is 2.26. The maximum absolute atomic E-state index is 12.3. The SMILES string of the molecule is CC(C)c1ccc(-c2nc(C(=O)NCc3ccc(S(N)(=O)=O)s3)cs2)cc1. The average molecular weight is 422 g/mol. The first-order valence-corrected chi connectivity index (χ1v) is 11.4. The second-order valence-corrected chi connectivity index (χ2v) is 10.1. The number of benzene rings is 1. The lowest BCUT2D eigenvalue weighted by Gasteiger charge is -2.05. The van der Waals surface area contributed by atoms with Crippen LogP contribution >= 0.6 is 22.7 Å². The Morgan fingerprint density at radius 2 is 1.89 bits per heavy atom. The van der Waals surface area contributed by atoms with Gasteiger partial charge in [-0.2, -0.15) is 0 Å². The number of thiazole rings is 1. The summed E-state index contributed by atoms with van der Waals surface area (Å²) in [5, 5.41) is 10.3. The van der Waals surface area contributed by atoms with Crippen LogP contribution in [0, 0.1) is 0 Å². The summed E-state index contributed by atoms with van der Waals surface area (Å²) in [6.07, 6.45) is 0. The van der Waals surface area contributed by atoms with Gasteiger partial charge >= 0.3 is 0 Å². The van der Waals surface area contributed by atoms with E-state index in [1.54, 1.807) is 11.4 Å². The van der Waals surface area contributed by atoms with E-state index in [9.17, 15) is 13.2 Å². The van der Waals surface area contributed by atoms with Gasteiger partial charge in [-0.05, 0) is 23.6 Å². The highest BCUT2D eigenvalue weighted by Gasteiger charge is 2.14. The number of aromatic nitrogens is 1. The van der Waals surface area contributed by atoms with Crippen molar-refractivity contribution < 1.29 is 13.2 Å². The van der Waals surface area contributed by atoms with Gasteiger partial charge in [0.1, 0.15) is 14.9 Å². The number of hydrogen-bond donors (Lipinski definition) is 2. The maximum Gasteiger partial charge on any atom is 0.271 e. The molecule has 142 valence electrons. The Hall–Kier alpha value is -2.07. The highest BCUT2D eigenvalue weighted by molar-refractivity contribution is 7.91. The molecule has 0 aliphatic heterocycles. The third-order valence-electron chi connectivity index (χ3n) is 3.90. The van der Waals surface area contributed by atoms with E-state index in [0.717, 1.165) is 21.9 Å². The molecule has 27 heavy (non-hydrogen) atoms. The molecule has 3 N–H and O–H groups in total. The van der Waals surface area contributed by atoms with Crippen LogP contribution < -0.4 is 10.5 Å². The fraction of sp³-hybridized carbons (Fsp3) is 0.222. The van der Waals surface area contributed by atoms with E-state index in [0.29, 0.717) is 16.5 Å². The normalized spacial score (nSPS) is 11.7. The maximum atomic E-state index is 12.3. The smallest absolute Gasteiger partial charge is 0.271 e. The van der Waals surface area contributed by atoms with E-state index in [-0.39, 0.29) is 16.7 Å². The summed E-state index contributed by atoms with van der Waals surface area (Å²) in [5.74, 6) is 0.158. The molecule has 0 aliphatic carbocycles. The minimum atomic E-state index is -3.71. The Morgan fingerprint density at radius 3 is 2.48 bits per heavy atom. The van der Waals surface area contributed by atoms with E-state index in [4.69, 9.17) is 5.14 Å². The van der Waals surface area contributed by atoms with Crippen LogP contribution in [-0.2, 0) is 16.6 Å². The lowest BCUT2D eigenvalue weighted by molar-refractivity contribution is 0.0947. The van der Waals surface area contributed by atoms with Crippen molar-refractivity contribution in [3.63, 3.8) is 0 Å². The van der Waals surface area contributed by atoms with Crippen LogP contribution in [0.25, 0.3) is 10.6 Å². The lowest BCUT2D eigenvalue weighted by atomic mass is 10.0. The number of nitrogens with two attached hydrogens (primary N) is 1. The number of carbonyl (C=O) groups is 1. The molecular weight excluding hydrogens is 402 g/mol. The van der Waals surface area contributed by atoms with Gasteiger partial charge in [-0.3, -0.25) is 4.79 Å². The monoisotopic (exact) mass is 421 g/mol. The number of thiophene rings is 1. The van der Waals surface area contributed by atoms with Crippen molar-refractivity contribution in [1.29, 1.82) is 0 Å². The van der Waals surface area contributed by atoms with E-state index >= 15 is 0 Å². The lowest BCUT2D eigenvalue weighted by Crippen LogP contribution is -2.22. The number of primary sulfonamides is 1. The quantitative estimate of drug-likeness (QED) is 0.635. The highest BCUT2D eigenvalue weighted by atomic mass is 32.2. The number of nitrogens with zero attached hydrogens (tertiary/aromatic N) is 1. The molecule has 2 heterocycles. The molecule has 6 nitrogen and oxygen atoms in total. The Kier molecular flexibility index (Phi) is 5.75. The van der Waals surface area contributed by atoms with Gasteiger partial charge in [0, 0.05) is 15.8 Å². The fourth-order valence-corrected chi connectivity index (χ4v) is 4.91. The number of sulfonamides is 1. The van der Waals surface area contributed by atoms with Crippen LogP contribution in [0.4, 0.5) is 0 Å². The molecule has 1 amide bonds. The second-order valence-electron chi connectivity index (χ2n) is 6.26. The van der Waals surface area contributed by atoms with Crippen LogP contribution in [0.2, 0.25) is 0 Å². The van der Waals surface area contributed by atoms with Gasteiger partial charge < -0.3 is 5.32 Å². The van der Waals surface area contributed by atoms with Crippen molar-refractivity contribution in [2.45, 2.75) is 30.5 Å². The molecule has 0 unspecified atom stereocenters. The van der Waals surface area contributed by atoms with E-state index < -0.39 is 10.0 Å². The fourth-order valence-electron chi connectivity index (χ4n) is 2.39. The minimum Gasteiger partial charge on any atom is -0.346 e. The zero-order chi connectivity index (χ0) is 19.6. The summed E-state index contributed by atoms with van der Waals surface area (Å²) in [6, 6.07) is 11.2. The van der Waals surface area contributed by atoms with Crippen molar-refractivity contribution in [3.05, 3.63) is 57.9 Å². The molecule has 0 bridgehead atoms. The molecule has 0 radical (unpaired) electrons. The summed E-state index contributed by atoms with van der Waals surface area (Å²) >= 11 is 2.45. The van der Waals surface area contributed by atoms with Crippen LogP contribution in [0.1, 0.15) is 40.7 Å². The number of rotatable bonds is 6. The number of nitrogens with one attached hydrogen (secondary N) is 1. The molecule has 9 heteroatoms. The van der Waals surface area contributed by atoms with Crippen molar-refractivity contribution >= 4 is 38.6 Å². The molecule has 0 spiro atoms. The third-order valence-corrected chi connectivity index (χ3v) is 7.32. The average Bonchev–Trinajstić information content (AvgIpc) is 3.29. The third kappa shape index (κ3) is 4.81. The Bertz CT molecular complexity index is 1050. The topological polar surface area (TPSA) is 102 Å². The van der Waals surface area contributed by atoms with Gasteiger partial charge in [0.25, 0.3) is 5.91 Å². The summed E-state index contributed by atoms with van der Waals surface area (Å²) in [4.78, 5) is 17.4. The molecule has 0 saturated heterocycles. The van der Waals surface area contributed by atoms with Crippen LogP contribution in [-0.4, -0.2) is 19.3 Å². The van der Waals surface area contributed by atoms with Crippen molar-refractivity contribution in [1.82, 2.24) is 10.3 Å². The summed E-state index contributed by atoms with van der Waals surface area (Å²) in [7, 11) is -3.71. The molecule has 0 fully saturated rings. The van der Waals surface area contributed by atoms with Gasteiger partial charge in [-0.25, -0.2) is 18.5 Å². The summed E-state index contributed by atoms with van der Waals surface area (Å²) in [5.41, 5.74) is 2.56. The number of amides is 1.